The molecule has 0 spiro atoms. The van der Waals surface area contributed by atoms with E-state index in [2.05, 4.69) is 43.6 Å². The molecule has 1 atom stereocenters. The van der Waals surface area contributed by atoms with Crippen LogP contribution in [-0.4, -0.2) is 19.8 Å². The molecule has 1 N–H and O–H groups in total. The Morgan fingerprint density at radius 3 is 2.76 bits per heavy atom. The summed E-state index contributed by atoms with van der Waals surface area (Å²) in [5.74, 6) is 0.734. The minimum absolute atomic E-state index is 0.490. The summed E-state index contributed by atoms with van der Waals surface area (Å²) in [5.41, 5.74) is 0. The number of rotatable bonds is 9. The molecule has 0 bridgehead atoms. The van der Waals surface area contributed by atoms with Gasteiger partial charge in [0, 0.05) is 24.1 Å². The molecule has 1 aromatic heterocycles. The van der Waals surface area contributed by atoms with Gasteiger partial charge in [-0.05, 0) is 30.2 Å². The van der Waals surface area contributed by atoms with Gasteiger partial charge in [0.05, 0.1) is 6.61 Å². The van der Waals surface area contributed by atoms with Crippen LogP contribution in [0.1, 0.15) is 44.5 Å². The minimum Gasteiger partial charge on any atom is -0.380 e. The van der Waals surface area contributed by atoms with Crippen molar-refractivity contribution >= 4 is 11.3 Å². The summed E-state index contributed by atoms with van der Waals surface area (Å²) in [6.45, 7) is 9.31. The van der Waals surface area contributed by atoms with Gasteiger partial charge >= 0.3 is 0 Å². The van der Waals surface area contributed by atoms with Gasteiger partial charge in [-0.3, -0.25) is 0 Å². The van der Waals surface area contributed by atoms with Crippen molar-refractivity contribution in [3.8, 4) is 0 Å². The first kappa shape index (κ1) is 14.7. The lowest BCUT2D eigenvalue weighted by atomic mass is 10.1. The van der Waals surface area contributed by atoms with E-state index in [1.54, 1.807) is 0 Å². The third kappa shape index (κ3) is 6.20. The van der Waals surface area contributed by atoms with E-state index in [1.165, 1.54) is 4.88 Å². The Bertz CT molecular complexity index is 272. The second-order valence-electron chi connectivity index (χ2n) is 4.73. The van der Waals surface area contributed by atoms with Crippen LogP contribution in [-0.2, 0) is 4.74 Å². The number of hydrogen-bond acceptors (Lipinski definition) is 3. The predicted molar refractivity (Wildman–Crippen MR) is 75.6 cm³/mol. The molecule has 0 saturated carbocycles. The molecule has 17 heavy (non-hydrogen) atoms. The third-order valence-electron chi connectivity index (χ3n) is 2.77. The van der Waals surface area contributed by atoms with E-state index in [9.17, 15) is 0 Å². The van der Waals surface area contributed by atoms with Crippen molar-refractivity contribution in [3.05, 3.63) is 22.4 Å². The van der Waals surface area contributed by atoms with Crippen LogP contribution in [0.4, 0.5) is 0 Å². The zero-order valence-corrected chi connectivity index (χ0v) is 12.1. The van der Waals surface area contributed by atoms with E-state index in [0.29, 0.717) is 6.04 Å². The van der Waals surface area contributed by atoms with Gasteiger partial charge in [-0.25, -0.2) is 0 Å². The zero-order chi connectivity index (χ0) is 12.5. The summed E-state index contributed by atoms with van der Waals surface area (Å²) < 4.78 is 5.60. The van der Waals surface area contributed by atoms with Gasteiger partial charge in [0.1, 0.15) is 0 Å². The highest BCUT2D eigenvalue weighted by Crippen LogP contribution is 2.21. The number of ether oxygens (including phenoxy) is 1. The van der Waals surface area contributed by atoms with Crippen molar-refractivity contribution in [1.82, 2.24) is 5.32 Å². The summed E-state index contributed by atoms with van der Waals surface area (Å²) in [6, 6.07) is 4.80. The molecule has 0 amide bonds. The Hall–Kier alpha value is -0.380. The maximum atomic E-state index is 5.60. The molecule has 0 aromatic carbocycles. The lowest BCUT2D eigenvalue weighted by Gasteiger charge is -2.15. The Balaban J connectivity index is 2.08. The monoisotopic (exact) mass is 255 g/mol. The van der Waals surface area contributed by atoms with Crippen LogP contribution in [0.25, 0.3) is 0 Å². The first-order chi connectivity index (χ1) is 8.24. The standard InChI is InChI=1S/C14H25NOS/c1-4-13(14-6-5-11-17-14)15-8-10-16-9-7-12(2)3/h5-6,11-13,15H,4,7-10H2,1-3H3. The summed E-state index contributed by atoms with van der Waals surface area (Å²) in [4.78, 5) is 1.43. The summed E-state index contributed by atoms with van der Waals surface area (Å²) in [5, 5.41) is 5.68. The fourth-order valence-electron chi connectivity index (χ4n) is 1.66. The van der Waals surface area contributed by atoms with Crippen LogP contribution < -0.4 is 5.32 Å². The molecule has 0 aliphatic rings. The number of nitrogens with one attached hydrogen (secondary N) is 1. The topological polar surface area (TPSA) is 21.3 Å². The van der Waals surface area contributed by atoms with E-state index in [1.807, 2.05) is 11.3 Å². The van der Waals surface area contributed by atoms with Crippen molar-refractivity contribution < 1.29 is 4.74 Å². The molecule has 1 aromatic rings. The first-order valence-electron chi connectivity index (χ1n) is 6.58. The molecule has 1 heterocycles. The van der Waals surface area contributed by atoms with Crippen molar-refractivity contribution in [1.29, 1.82) is 0 Å². The highest BCUT2D eigenvalue weighted by Gasteiger charge is 2.08. The van der Waals surface area contributed by atoms with E-state index >= 15 is 0 Å². The molecular formula is C14H25NOS. The Morgan fingerprint density at radius 2 is 2.18 bits per heavy atom. The van der Waals surface area contributed by atoms with Crippen LogP contribution in [0, 0.1) is 5.92 Å². The Labute approximate surface area is 109 Å². The van der Waals surface area contributed by atoms with Crippen LogP contribution in [0.5, 0.6) is 0 Å². The number of thiophene rings is 1. The van der Waals surface area contributed by atoms with Crippen molar-refractivity contribution in [2.24, 2.45) is 5.92 Å². The molecule has 2 nitrogen and oxygen atoms in total. The van der Waals surface area contributed by atoms with E-state index < -0.39 is 0 Å². The summed E-state index contributed by atoms with van der Waals surface area (Å²) in [6.07, 6.45) is 2.29. The molecule has 1 unspecified atom stereocenters. The second-order valence-corrected chi connectivity index (χ2v) is 5.70. The van der Waals surface area contributed by atoms with E-state index in [-0.39, 0.29) is 0 Å². The van der Waals surface area contributed by atoms with Crippen molar-refractivity contribution in [2.75, 3.05) is 19.8 Å². The smallest absolute Gasteiger partial charge is 0.0591 e. The third-order valence-corrected chi connectivity index (χ3v) is 3.76. The fraction of sp³-hybridized carbons (Fsp3) is 0.714. The van der Waals surface area contributed by atoms with Gasteiger partial charge in [-0.2, -0.15) is 0 Å². The SMILES string of the molecule is CCC(NCCOCCC(C)C)c1cccs1. The van der Waals surface area contributed by atoms with Gasteiger partial charge in [0.2, 0.25) is 0 Å². The second kappa shape index (κ2) is 8.67. The Morgan fingerprint density at radius 1 is 1.35 bits per heavy atom. The largest absolute Gasteiger partial charge is 0.380 e. The first-order valence-corrected chi connectivity index (χ1v) is 7.46. The lowest BCUT2D eigenvalue weighted by Crippen LogP contribution is -2.24. The van der Waals surface area contributed by atoms with E-state index in [0.717, 1.165) is 38.5 Å². The molecule has 3 heteroatoms. The van der Waals surface area contributed by atoms with E-state index in [4.69, 9.17) is 4.74 Å². The van der Waals surface area contributed by atoms with Crippen LogP contribution in [0.3, 0.4) is 0 Å². The maximum absolute atomic E-state index is 5.60. The number of hydrogen-bond donors (Lipinski definition) is 1. The van der Waals surface area contributed by atoms with Gasteiger partial charge in [-0.1, -0.05) is 26.8 Å². The normalized spacial score (nSPS) is 13.2. The predicted octanol–water partition coefficient (Wildman–Crippen LogP) is 3.85. The van der Waals surface area contributed by atoms with Gasteiger partial charge in [0.25, 0.3) is 0 Å². The average molecular weight is 255 g/mol. The molecule has 1 rings (SSSR count). The zero-order valence-electron chi connectivity index (χ0n) is 11.2. The highest BCUT2D eigenvalue weighted by molar-refractivity contribution is 7.10. The molecule has 0 saturated heterocycles. The highest BCUT2D eigenvalue weighted by atomic mass is 32.1. The van der Waals surface area contributed by atoms with Gasteiger partial charge in [-0.15, -0.1) is 11.3 Å². The molecule has 0 aliphatic heterocycles. The average Bonchev–Trinajstić information content (AvgIpc) is 2.81. The van der Waals surface area contributed by atoms with Crippen LogP contribution >= 0.6 is 11.3 Å². The minimum atomic E-state index is 0.490. The van der Waals surface area contributed by atoms with Crippen molar-refractivity contribution in [2.45, 2.75) is 39.7 Å². The molecular weight excluding hydrogens is 230 g/mol. The lowest BCUT2D eigenvalue weighted by molar-refractivity contribution is 0.123. The van der Waals surface area contributed by atoms with Crippen molar-refractivity contribution in [3.63, 3.8) is 0 Å². The summed E-state index contributed by atoms with van der Waals surface area (Å²) in [7, 11) is 0. The van der Waals surface area contributed by atoms with Gasteiger partial charge in [0.15, 0.2) is 0 Å². The molecule has 0 fully saturated rings. The van der Waals surface area contributed by atoms with Crippen LogP contribution in [0.2, 0.25) is 0 Å². The molecule has 0 aliphatic carbocycles. The fourth-order valence-corrected chi connectivity index (χ4v) is 2.55. The maximum Gasteiger partial charge on any atom is 0.0591 e. The molecule has 98 valence electrons. The molecule has 0 radical (unpaired) electrons. The summed E-state index contributed by atoms with van der Waals surface area (Å²) >= 11 is 1.82. The Kier molecular flexibility index (Phi) is 7.49. The quantitative estimate of drug-likeness (QED) is 0.677. The van der Waals surface area contributed by atoms with Gasteiger partial charge < -0.3 is 10.1 Å². The van der Waals surface area contributed by atoms with Crippen LogP contribution in [0.15, 0.2) is 17.5 Å².